The summed E-state index contributed by atoms with van der Waals surface area (Å²) in [6.45, 7) is 6.12. The van der Waals surface area contributed by atoms with Crippen molar-refractivity contribution in [1.29, 1.82) is 0 Å². The van der Waals surface area contributed by atoms with Crippen LogP contribution in [0.4, 0.5) is 0 Å². The summed E-state index contributed by atoms with van der Waals surface area (Å²) in [7, 11) is 0. The lowest BCUT2D eigenvalue weighted by molar-refractivity contribution is 0.294. The molecule has 0 radical (unpaired) electrons. The molecule has 0 spiro atoms. The number of aryl methyl sites for hydroxylation is 1. The van der Waals surface area contributed by atoms with Crippen LogP contribution in [0.5, 0.6) is 5.88 Å². The molecule has 0 saturated heterocycles. The third-order valence-electron chi connectivity index (χ3n) is 4.02. The van der Waals surface area contributed by atoms with Crippen LogP contribution in [0, 0.1) is 6.92 Å². The lowest BCUT2D eigenvalue weighted by Gasteiger charge is -2.25. The smallest absolute Gasteiger partial charge is 0.223 e. The molecule has 1 aliphatic rings. The van der Waals surface area contributed by atoms with Crippen LogP contribution in [0.1, 0.15) is 44.4 Å². The van der Waals surface area contributed by atoms with Gasteiger partial charge < -0.3 is 10.5 Å². The average molecular weight is 271 g/mol. The minimum absolute atomic E-state index is 0.327. The van der Waals surface area contributed by atoms with Crippen LogP contribution in [0.15, 0.2) is 18.5 Å². The van der Waals surface area contributed by atoms with Gasteiger partial charge in [0.2, 0.25) is 5.88 Å². The zero-order chi connectivity index (χ0) is 14.3. The Labute approximate surface area is 119 Å². The normalized spacial score (nSPS) is 18.0. The van der Waals surface area contributed by atoms with Crippen LogP contribution in [-0.4, -0.2) is 16.1 Å². The highest BCUT2D eigenvalue weighted by Crippen LogP contribution is 2.35. The zero-order valence-corrected chi connectivity index (χ0v) is 12.3. The summed E-state index contributed by atoms with van der Waals surface area (Å²) in [5, 5.41) is 2.07. The van der Waals surface area contributed by atoms with Crippen molar-refractivity contribution >= 4 is 10.8 Å². The highest BCUT2D eigenvalue weighted by Gasteiger charge is 2.27. The summed E-state index contributed by atoms with van der Waals surface area (Å²) in [5.41, 5.74) is 8.06. The van der Waals surface area contributed by atoms with Gasteiger partial charge in [-0.1, -0.05) is 6.92 Å². The molecule has 0 bridgehead atoms. The van der Waals surface area contributed by atoms with Gasteiger partial charge in [-0.15, -0.1) is 0 Å². The standard InChI is InChI=1S/C16H21N3O/c1-4-16(3,17)14-9-19-15(20-11-5-6-11)13-8-18-10(2)7-12(13)14/h7-9,11H,4-6,17H2,1-3H3. The van der Waals surface area contributed by atoms with Gasteiger partial charge in [-0.05, 0) is 50.1 Å². The Bertz CT molecular complexity index is 647. The molecule has 2 heterocycles. The number of fused-ring (bicyclic) bond motifs is 1. The van der Waals surface area contributed by atoms with E-state index < -0.39 is 5.54 Å². The second-order valence-corrected chi connectivity index (χ2v) is 5.94. The maximum atomic E-state index is 6.42. The van der Waals surface area contributed by atoms with E-state index in [4.69, 9.17) is 10.5 Å². The van der Waals surface area contributed by atoms with Crippen molar-refractivity contribution in [3.63, 3.8) is 0 Å². The second kappa shape index (κ2) is 4.70. The maximum Gasteiger partial charge on any atom is 0.223 e. The van der Waals surface area contributed by atoms with Crippen LogP contribution in [0.2, 0.25) is 0 Å². The van der Waals surface area contributed by atoms with E-state index in [0.717, 1.165) is 41.3 Å². The minimum Gasteiger partial charge on any atom is -0.474 e. The molecule has 0 amide bonds. The molecule has 2 N–H and O–H groups in total. The molecule has 0 aromatic carbocycles. The van der Waals surface area contributed by atoms with E-state index in [9.17, 15) is 0 Å². The summed E-state index contributed by atoms with van der Waals surface area (Å²) in [4.78, 5) is 8.87. The molecule has 4 nitrogen and oxygen atoms in total. The fourth-order valence-electron chi connectivity index (χ4n) is 2.30. The van der Waals surface area contributed by atoms with Gasteiger partial charge in [-0.3, -0.25) is 4.98 Å². The van der Waals surface area contributed by atoms with Crippen molar-refractivity contribution in [3.8, 4) is 5.88 Å². The Morgan fingerprint density at radius 1 is 1.30 bits per heavy atom. The number of pyridine rings is 2. The highest BCUT2D eigenvalue weighted by molar-refractivity contribution is 5.89. The highest BCUT2D eigenvalue weighted by atomic mass is 16.5. The minimum atomic E-state index is -0.392. The summed E-state index contributed by atoms with van der Waals surface area (Å²) in [6, 6.07) is 2.08. The van der Waals surface area contributed by atoms with E-state index in [1.54, 1.807) is 0 Å². The Morgan fingerprint density at radius 3 is 2.70 bits per heavy atom. The van der Waals surface area contributed by atoms with Gasteiger partial charge in [-0.25, -0.2) is 4.98 Å². The number of hydrogen-bond donors (Lipinski definition) is 1. The fourth-order valence-corrected chi connectivity index (χ4v) is 2.30. The Balaban J connectivity index is 2.19. The van der Waals surface area contributed by atoms with E-state index in [1.165, 1.54) is 0 Å². The van der Waals surface area contributed by atoms with Gasteiger partial charge in [0, 0.05) is 23.6 Å². The van der Waals surface area contributed by atoms with Crippen LogP contribution < -0.4 is 10.5 Å². The van der Waals surface area contributed by atoms with Gasteiger partial charge in [-0.2, -0.15) is 0 Å². The Hall–Kier alpha value is -1.68. The van der Waals surface area contributed by atoms with Crippen molar-refractivity contribution in [2.45, 2.75) is 51.7 Å². The number of nitrogens with two attached hydrogens (primary N) is 1. The van der Waals surface area contributed by atoms with Gasteiger partial charge in [0.05, 0.1) is 5.39 Å². The lowest BCUT2D eigenvalue weighted by Crippen LogP contribution is -2.32. The maximum absolute atomic E-state index is 6.42. The van der Waals surface area contributed by atoms with Crippen molar-refractivity contribution in [1.82, 2.24) is 9.97 Å². The predicted octanol–water partition coefficient (Wildman–Crippen LogP) is 3.06. The third kappa shape index (κ3) is 2.36. The molecular formula is C16H21N3O. The van der Waals surface area contributed by atoms with Crippen LogP contribution in [0.3, 0.4) is 0 Å². The topological polar surface area (TPSA) is 61.0 Å². The van der Waals surface area contributed by atoms with E-state index >= 15 is 0 Å². The third-order valence-corrected chi connectivity index (χ3v) is 4.02. The summed E-state index contributed by atoms with van der Waals surface area (Å²) >= 11 is 0. The largest absolute Gasteiger partial charge is 0.474 e. The molecule has 1 unspecified atom stereocenters. The van der Waals surface area contributed by atoms with Crippen LogP contribution >= 0.6 is 0 Å². The molecule has 106 valence electrons. The number of nitrogens with zero attached hydrogens (tertiary/aromatic N) is 2. The van der Waals surface area contributed by atoms with Gasteiger partial charge >= 0.3 is 0 Å². The van der Waals surface area contributed by atoms with Gasteiger partial charge in [0.25, 0.3) is 0 Å². The summed E-state index contributed by atoms with van der Waals surface area (Å²) in [6.07, 6.45) is 7.14. The average Bonchev–Trinajstić information content (AvgIpc) is 3.22. The van der Waals surface area contributed by atoms with Crippen molar-refractivity contribution in [2.75, 3.05) is 0 Å². The number of rotatable bonds is 4. The lowest BCUT2D eigenvalue weighted by atomic mass is 9.88. The Morgan fingerprint density at radius 2 is 2.05 bits per heavy atom. The second-order valence-electron chi connectivity index (χ2n) is 5.94. The molecule has 1 aliphatic carbocycles. The summed E-state index contributed by atoms with van der Waals surface area (Å²) in [5.74, 6) is 0.686. The molecule has 2 aromatic rings. The van der Waals surface area contributed by atoms with E-state index in [1.807, 2.05) is 26.2 Å². The monoisotopic (exact) mass is 271 g/mol. The van der Waals surface area contributed by atoms with Gasteiger partial charge in [0.1, 0.15) is 6.10 Å². The molecule has 0 aliphatic heterocycles. The SMILES string of the molecule is CCC(C)(N)c1cnc(OC2CC2)c2cnc(C)cc12. The first kappa shape index (κ1) is 13.3. The summed E-state index contributed by atoms with van der Waals surface area (Å²) < 4.78 is 5.89. The quantitative estimate of drug-likeness (QED) is 0.928. The van der Waals surface area contributed by atoms with Crippen molar-refractivity contribution in [3.05, 3.63) is 29.7 Å². The first-order valence-electron chi connectivity index (χ1n) is 7.22. The molecular weight excluding hydrogens is 250 g/mol. The number of aromatic nitrogens is 2. The fraction of sp³-hybridized carbons (Fsp3) is 0.500. The molecule has 3 rings (SSSR count). The number of hydrogen-bond acceptors (Lipinski definition) is 4. The van der Waals surface area contributed by atoms with Crippen molar-refractivity contribution in [2.24, 2.45) is 5.73 Å². The predicted molar refractivity (Wildman–Crippen MR) is 79.8 cm³/mol. The first-order chi connectivity index (χ1) is 9.51. The van der Waals surface area contributed by atoms with Crippen molar-refractivity contribution < 1.29 is 4.74 Å². The van der Waals surface area contributed by atoms with E-state index in [0.29, 0.717) is 12.0 Å². The number of ether oxygens (including phenoxy) is 1. The first-order valence-corrected chi connectivity index (χ1v) is 7.22. The molecule has 20 heavy (non-hydrogen) atoms. The van der Waals surface area contributed by atoms with Crippen LogP contribution in [-0.2, 0) is 5.54 Å². The molecule has 1 fully saturated rings. The zero-order valence-electron chi connectivity index (χ0n) is 12.3. The van der Waals surface area contributed by atoms with Crippen LogP contribution in [0.25, 0.3) is 10.8 Å². The van der Waals surface area contributed by atoms with E-state index in [-0.39, 0.29) is 0 Å². The molecule has 1 atom stereocenters. The molecule has 2 aromatic heterocycles. The van der Waals surface area contributed by atoms with E-state index in [2.05, 4.69) is 23.0 Å². The van der Waals surface area contributed by atoms with Gasteiger partial charge in [0.15, 0.2) is 0 Å². The molecule has 1 saturated carbocycles. The Kier molecular flexibility index (Phi) is 3.13. The molecule has 4 heteroatoms.